The Bertz CT molecular complexity index is 400. The minimum atomic E-state index is -3.40. The van der Waals surface area contributed by atoms with Gasteiger partial charge in [-0.2, -0.15) is 0 Å². The zero-order chi connectivity index (χ0) is 9.35. The SMILES string of the molecule is Cc1cc(S(=O)(=O)Br)ccc1F. The molecule has 0 atom stereocenters. The van der Waals surface area contributed by atoms with Gasteiger partial charge in [-0.05, 0) is 30.7 Å². The number of hydrogen-bond acceptors (Lipinski definition) is 2. The minimum Gasteiger partial charge on any atom is -0.212 e. The molecule has 0 heterocycles. The van der Waals surface area contributed by atoms with Crippen LogP contribution in [0.3, 0.4) is 0 Å². The maximum atomic E-state index is 12.7. The molecule has 0 aromatic heterocycles. The second kappa shape index (κ2) is 3.14. The Labute approximate surface area is 77.5 Å². The zero-order valence-corrected chi connectivity index (χ0v) is 8.62. The molecule has 0 unspecified atom stereocenters. The molecular formula is C7H6BrFO2S. The molecule has 0 amide bonds. The van der Waals surface area contributed by atoms with Crippen LogP contribution in [-0.2, 0) is 8.27 Å². The Morgan fingerprint density at radius 2 is 2.00 bits per heavy atom. The average molecular weight is 253 g/mol. The lowest BCUT2D eigenvalue weighted by molar-refractivity contribution is 0.606. The number of halogens is 2. The molecule has 0 aliphatic carbocycles. The van der Waals surface area contributed by atoms with Crippen LogP contribution in [0.25, 0.3) is 0 Å². The summed E-state index contributed by atoms with van der Waals surface area (Å²) in [6.07, 6.45) is 0. The first-order valence-electron chi connectivity index (χ1n) is 3.12. The van der Waals surface area contributed by atoms with Crippen molar-refractivity contribution in [1.82, 2.24) is 0 Å². The van der Waals surface area contributed by atoms with Gasteiger partial charge in [0.2, 0.25) is 8.27 Å². The van der Waals surface area contributed by atoms with Crippen molar-refractivity contribution in [2.24, 2.45) is 0 Å². The van der Waals surface area contributed by atoms with Crippen molar-refractivity contribution in [2.75, 3.05) is 0 Å². The van der Waals surface area contributed by atoms with Gasteiger partial charge < -0.3 is 0 Å². The van der Waals surface area contributed by atoms with E-state index in [1.165, 1.54) is 19.1 Å². The van der Waals surface area contributed by atoms with Crippen LogP contribution in [0.15, 0.2) is 23.1 Å². The van der Waals surface area contributed by atoms with Crippen LogP contribution in [-0.4, -0.2) is 8.42 Å². The smallest absolute Gasteiger partial charge is 0.212 e. The third-order valence-electron chi connectivity index (χ3n) is 1.41. The molecule has 0 radical (unpaired) electrons. The third-order valence-corrected chi connectivity index (χ3v) is 3.35. The highest BCUT2D eigenvalue weighted by Crippen LogP contribution is 2.19. The molecular weight excluding hydrogens is 247 g/mol. The van der Waals surface area contributed by atoms with Gasteiger partial charge in [0.25, 0.3) is 0 Å². The summed E-state index contributed by atoms with van der Waals surface area (Å²) in [5.74, 6) is -0.408. The first-order valence-corrected chi connectivity index (χ1v) is 6.44. The summed E-state index contributed by atoms with van der Waals surface area (Å²) in [6, 6.07) is 3.62. The fourth-order valence-electron chi connectivity index (χ4n) is 0.769. The van der Waals surface area contributed by atoms with E-state index in [4.69, 9.17) is 0 Å². The quantitative estimate of drug-likeness (QED) is 0.719. The fraction of sp³-hybridized carbons (Fsp3) is 0.143. The zero-order valence-electron chi connectivity index (χ0n) is 6.21. The number of rotatable bonds is 1. The molecule has 0 N–H and O–H groups in total. The van der Waals surface area contributed by atoms with Gasteiger partial charge in [-0.25, -0.2) is 12.8 Å². The highest BCUT2D eigenvalue weighted by Gasteiger charge is 2.10. The second-order valence-electron chi connectivity index (χ2n) is 2.35. The molecule has 0 fully saturated rings. The summed E-state index contributed by atoms with van der Waals surface area (Å²) in [6.45, 7) is 1.51. The van der Waals surface area contributed by atoms with Crippen molar-refractivity contribution in [1.29, 1.82) is 0 Å². The van der Waals surface area contributed by atoms with Crippen LogP contribution in [0.5, 0.6) is 0 Å². The predicted molar refractivity (Wildman–Crippen MR) is 47.2 cm³/mol. The third kappa shape index (κ3) is 2.04. The fourth-order valence-corrected chi connectivity index (χ4v) is 1.92. The molecule has 12 heavy (non-hydrogen) atoms. The molecule has 1 aromatic rings. The Kier molecular flexibility index (Phi) is 2.53. The van der Waals surface area contributed by atoms with E-state index >= 15 is 0 Å². The highest BCUT2D eigenvalue weighted by atomic mass is 79.9. The molecule has 0 bridgehead atoms. The lowest BCUT2D eigenvalue weighted by Crippen LogP contribution is -1.91. The Morgan fingerprint density at radius 1 is 1.42 bits per heavy atom. The van der Waals surface area contributed by atoms with Crippen LogP contribution in [0.2, 0.25) is 0 Å². The topological polar surface area (TPSA) is 34.1 Å². The maximum absolute atomic E-state index is 12.7. The average Bonchev–Trinajstić information content (AvgIpc) is 1.92. The van der Waals surface area contributed by atoms with Gasteiger partial charge >= 0.3 is 0 Å². The van der Waals surface area contributed by atoms with Gasteiger partial charge in [-0.15, -0.1) is 0 Å². The Balaban J connectivity index is 3.33. The molecule has 0 saturated carbocycles. The largest absolute Gasteiger partial charge is 0.237 e. The van der Waals surface area contributed by atoms with Crippen molar-refractivity contribution in [3.8, 4) is 0 Å². The summed E-state index contributed by atoms with van der Waals surface area (Å²) < 4.78 is 34.5. The van der Waals surface area contributed by atoms with Gasteiger partial charge in [0.1, 0.15) is 5.82 Å². The van der Waals surface area contributed by atoms with E-state index in [0.29, 0.717) is 5.56 Å². The van der Waals surface area contributed by atoms with Crippen molar-refractivity contribution >= 4 is 23.1 Å². The minimum absolute atomic E-state index is 0.0707. The molecule has 0 aliphatic rings. The van der Waals surface area contributed by atoms with Crippen molar-refractivity contribution in [2.45, 2.75) is 11.8 Å². The van der Waals surface area contributed by atoms with Crippen LogP contribution in [0.1, 0.15) is 5.56 Å². The number of hydrogen-bond donors (Lipinski definition) is 0. The van der Waals surface area contributed by atoms with Crippen LogP contribution in [0.4, 0.5) is 4.39 Å². The Morgan fingerprint density at radius 3 is 2.42 bits per heavy atom. The lowest BCUT2D eigenvalue weighted by Gasteiger charge is -1.98. The van der Waals surface area contributed by atoms with E-state index in [2.05, 4.69) is 14.8 Å². The monoisotopic (exact) mass is 252 g/mol. The van der Waals surface area contributed by atoms with Gasteiger partial charge in [-0.1, -0.05) is 0 Å². The van der Waals surface area contributed by atoms with E-state index in [0.717, 1.165) is 6.07 Å². The molecule has 0 spiro atoms. The predicted octanol–water partition coefficient (Wildman–Crippen LogP) is 2.22. The van der Waals surface area contributed by atoms with Gasteiger partial charge in [0.05, 0.1) is 19.7 Å². The molecule has 0 aliphatic heterocycles. The van der Waals surface area contributed by atoms with E-state index in [-0.39, 0.29) is 4.90 Å². The molecule has 1 aromatic carbocycles. The standard InChI is InChI=1S/C7H6BrFO2S/c1-5-4-6(12(8,10)11)2-3-7(5)9/h2-4H,1H3. The number of aryl methyl sites for hydroxylation is 1. The first-order chi connectivity index (χ1) is 5.41. The molecule has 66 valence electrons. The molecule has 1 rings (SSSR count). The van der Waals surface area contributed by atoms with Crippen molar-refractivity contribution < 1.29 is 12.8 Å². The number of benzene rings is 1. The van der Waals surface area contributed by atoms with Crippen LogP contribution < -0.4 is 0 Å². The molecule has 0 saturated heterocycles. The van der Waals surface area contributed by atoms with Gasteiger partial charge in [0.15, 0.2) is 0 Å². The summed E-state index contributed by atoms with van der Waals surface area (Å²) in [7, 11) is -3.40. The lowest BCUT2D eigenvalue weighted by atomic mass is 10.2. The first kappa shape index (κ1) is 9.67. The molecule has 5 heteroatoms. The van der Waals surface area contributed by atoms with Gasteiger partial charge in [-0.3, -0.25) is 0 Å². The summed E-state index contributed by atoms with van der Waals surface area (Å²) in [4.78, 5) is 0.0707. The van der Waals surface area contributed by atoms with Crippen molar-refractivity contribution in [3.63, 3.8) is 0 Å². The summed E-state index contributed by atoms with van der Waals surface area (Å²) in [5.41, 5.74) is 0.315. The highest BCUT2D eigenvalue weighted by molar-refractivity contribution is 9.47. The molecule has 2 nitrogen and oxygen atoms in total. The Hall–Kier alpha value is -0.420. The van der Waals surface area contributed by atoms with Crippen LogP contribution >= 0.6 is 14.8 Å². The summed E-state index contributed by atoms with van der Waals surface area (Å²) in [5, 5.41) is 0. The van der Waals surface area contributed by atoms with E-state index < -0.39 is 14.1 Å². The van der Waals surface area contributed by atoms with E-state index in [1.54, 1.807) is 0 Å². The second-order valence-corrected chi connectivity index (χ2v) is 6.25. The van der Waals surface area contributed by atoms with Crippen LogP contribution in [0, 0.1) is 12.7 Å². The van der Waals surface area contributed by atoms with E-state index in [1.807, 2.05) is 0 Å². The van der Waals surface area contributed by atoms with Crippen molar-refractivity contribution in [3.05, 3.63) is 29.6 Å². The van der Waals surface area contributed by atoms with Gasteiger partial charge in [0, 0.05) is 0 Å². The summed E-state index contributed by atoms with van der Waals surface area (Å²) >= 11 is 2.50. The normalized spacial score (nSPS) is 11.6. The van der Waals surface area contributed by atoms with E-state index in [9.17, 15) is 12.8 Å². The maximum Gasteiger partial charge on any atom is 0.237 e.